The summed E-state index contributed by atoms with van der Waals surface area (Å²) in [6, 6.07) is 12.6. The molecule has 0 radical (unpaired) electrons. The number of rotatable bonds is 3. The molecule has 0 atom stereocenters. The first-order chi connectivity index (χ1) is 12.2. The van der Waals surface area contributed by atoms with E-state index in [-0.39, 0.29) is 5.91 Å². The van der Waals surface area contributed by atoms with Gasteiger partial charge in [-0.3, -0.25) is 9.78 Å². The molecule has 0 spiro atoms. The monoisotopic (exact) mass is 349 g/mol. The topological polar surface area (TPSA) is 72.2 Å². The first-order valence-corrected chi connectivity index (χ1v) is 7.90. The van der Waals surface area contributed by atoms with E-state index in [4.69, 9.17) is 11.6 Å². The smallest absolute Gasteiger partial charge is 0.274 e. The maximum atomic E-state index is 12.4. The molecule has 122 valence electrons. The number of anilines is 1. The maximum Gasteiger partial charge on any atom is 0.274 e. The van der Waals surface area contributed by atoms with E-state index in [1.807, 2.05) is 18.2 Å². The van der Waals surface area contributed by atoms with Crippen LogP contribution in [0.3, 0.4) is 0 Å². The number of halogens is 1. The number of fused-ring (bicyclic) bond motifs is 1. The van der Waals surface area contributed by atoms with Gasteiger partial charge < -0.3 is 5.32 Å². The third-order valence-electron chi connectivity index (χ3n) is 3.66. The summed E-state index contributed by atoms with van der Waals surface area (Å²) in [5, 5.41) is 7.67. The predicted molar refractivity (Wildman–Crippen MR) is 95.6 cm³/mol. The number of carbonyl (C=O) groups excluding carboxylic acids is 1. The minimum atomic E-state index is -0.311. The molecule has 1 amide bonds. The molecule has 0 aliphatic rings. The van der Waals surface area contributed by atoms with Crippen molar-refractivity contribution in [3.63, 3.8) is 0 Å². The van der Waals surface area contributed by atoms with E-state index in [1.54, 1.807) is 53.6 Å². The van der Waals surface area contributed by atoms with Crippen LogP contribution in [0.4, 0.5) is 5.69 Å². The molecule has 1 aromatic carbocycles. The number of nitrogens with one attached hydrogen (secondary N) is 1. The number of benzene rings is 1. The largest absolute Gasteiger partial charge is 0.319 e. The Hall–Kier alpha value is -3.25. The van der Waals surface area contributed by atoms with Crippen molar-refractivity contribution in [2.24, 2.45) is 0 Å². The van der Waals surface area contributed by atoms with Gasteiger partial charge in [-0.15, -0.1) is 0 Å². The molecule has 6 nitrogen and oxygen atoms in total. The molecule has 0 bridgehead atoms. The second kappa shape index (κ2) is 6.33. The van der Waals surface area contributed by atoms with Crippen LogP contribution in [0.25, 0.3) is 16.8 Å². The molecular weight excluding hydrogens is 338 g/mol. The fourth-order valence-corrected chi connectivity index (χ4v) is 2.68. The highest BCUT2D eigenvalue weighted by Crippen LogP contribution is 2.25. The molecule has 0 saturated heterocycles. The number of nitrogens with zero attached hydrogens (tertiary/aromatic N) is 4. The van der Waals surface area contributed by atoms with Crippen LogP contribution in [0.5, 0.6) is 0 Å². The molecule has 0 unspecified atom stereocenters. The van der Waals surface area contributed by atoms with E-state index in [0.29, 0.717) is 22.1 Å². The van der Waals surface area contributed by atoms with E-state index in [1.165, 1.54) is 0 Å². The Kier molecular flexibility index (Phi) is 3.87. The maximum absolute atomic E-state index is 12.4. The van der Waals surface area contributed by atoms with Gasteiger partial charge in [-0.2, -0.15) is 5.10 Å². The van der Waals surface area contributed by atoms with Gasteiger partial charge >= 0.3 is 0 Å². The number of hydrogen-bond donors (Lipinski definition) is 1. The molecular formula is C18H12ClN5O. The van der Waals surface area contributed by atoms with E-state index in [9.17, 15) is 4.79 Å². The van der Waals surface area contributed by atoms with Gasteiger partial charge in [0, 0.05) is 23.0 Å². The first kappa shape index (κ1) is 15.3. The van der Waals surface area contributed by atoms with Crippen molar-refractivity contribution in [1.82, 2.24) is 19.6 Å². The molecule has 7 heteroatoms. The van der Waals surface area contributed by atoms with Crippen molar-refractivity contribution in [1.29, 1.82) is 0 Å². The summed E-state index contributed by atoms with van der Waals surface area (Å²) in [5.41, 5.74) is 3.18. The molecule has 0 aliphatic carbocycles. The molecule has 0 aliphatic heterocycles. The summed E-state index contributed by atoms with van der Waals surface area (Å²) in [4.78, 5) is 20.9. The number of pyridine rings is 1. The average molecular weight is 350 g/mol. The van der Waals surface area contributed by atoms with Crippen LogP contribution in [0.1, 0.15) is 10.5 Å². The van der Waals surface area contributed by atoms with Gasteiger partial charge in [0.05, 0.1) is 18.1 Å². The lowest BCUT2D eigenvalue weighted by Gasteiger charge is -2.05. The molecule has 3 heterocycles. The highest BCUT2D eigenvalue weighted by atomic mass is 35.5. The Balaban J connectivity index is 1.72. The first-order valence-electron chi connectivity index (χ1n) is 7.52. The molecule has 0 fully saturated rings. The van der Waals surface area contributed by atoms with Gasteiger partial charge in [0.2, 0.25) is 0 Å². The molecule has 1 N–H and O–H groups in total. The summed E-state index contributed by atoms with van der Waals surface area (Å²) in [5.74, 6) is -0.311. The van der Waals surface area contributed by atoms with E-state index < -0.39 is 0 Å². The van der Waals surface area contributed by atoms with E-state index in [2.05, 4.69) is 20.4 Å². The lowest BCUT2D eigenvalue weighted by atomic mass is 10.1. The SMILES string of the molecule is O=C(Nc1cccnc1)c1ccn2ncc(-c3cccc(Cl)c3)c2n1. The third kappa shape index (κ3) is 3.07. The fourth-order valence-electron chi connectivity index (χ4n) is 2.49. The Morgan fingerprint density at radius 1 is 1.12 bits per heavy atom. The normalized spacial score (nSPS) is 10.8. The Morgan fingerprint density at radius 2 is 2.04 bits per heavy atom. The number of amides is 1. The van der Waals surface area contributed by atoms with Crippen molar-refractivity contribution >= 4 is 28.8 Å². The lowest BCUT2D eigenvalue weighted by molar-refractivity contribution is 0.102. The quantitative estimate of drug-likeness (QED) is 0.612. The van der Waals surface area contributed by atoms with Gasteiger partial charge in [0.25, 0.3) is 5.91 Å². The number of carbonyl (C=O) groups is 1. The van der Waals surface area contributed by atoms with Gasteiger partial charge in [0.15, 0.2) is 5.65 Å². The summed E-state index contributed by atoms with van der Waals surface area (Å²) < 4.78 is 1.62. The van der Waals surface area contributed by atoms with Gasteiger partial charge in [-0.1, -0.05) is 23.7 Å². The van der Waals surface area contributed by atoms with Gasteiger partial charge in [-0.25, -0.2) is 9.50 Å². The van der Waals surface area contributed by atoms with Crippen LogP contribution < -0.4 is 5.32 Å². The zero-order valence-electron chi connectivity index (χ0n) is 12.9. The van der Waals surface area contributed by atoms with Crippen molar-refractivity contribution < 1.29 is 4.79 Å². The summed E-state index contributed by atoms with van der Waals surface area (Å²) >= 11 is 6.07. The fraction of sp³-hybridized carbons (Fsp3) is 0. The predicted octanol–water partition coefficient (Wildman–Crippen LogP) is 3.70. The summed E-state index contributed by atoms with van der Waals surface area (Å²) in [6.45, 7) is 0. The van der Waals surface area contributed by atoms with Crippen LogP contribution in [0.2, 0.25) is 5.02 Å². The molecule has 25 heavy (non-hydrogen) atoms. The molecule has 3 aromatic heterocycles. The minimum Gasteiger partial charge on any atom is -0.319 e. The van der Waals surface area contributed by atoms with Crippen molar-refractivity contribution in [2.75, 3.05) is 5.32 Å². The molecule has 4 aromatic rings. The van der Waals surface area contributed by atoms with Crippen LogP contribution in [0, 0.1) is 0 Å². The van der Waals surface area contributed by atoms with Crippen LogP contribution in [-0.4, -0.2) is 25.5 Å². The summed E-state index contributed by atoms with van der Waals surface area (Å²) in [7, 11) is 0. The van der Waals surface area contributed by atoms with Crippen LogP contribution in [0.15, 0.2) is 67.3 Å². The zero-order valence-corrected chi connectivity index (χ0v) is 13.7. The van der Waals surface area contributed by atoms with Gasteiger partial charge in [0.1, 0.15) is 5.69 Å². The minimum absolute atomic E-state index is 0.292. The third-order valence-corrected chi connectivity index (χ3v) is 3.89. The Bertz CT molecular complexity index is 1060. The number of hydrogen-bond acceptors (Lipinski definition) is 4. The van der Waals surface area contributed by atoms with E-state index in [0.717, 1.165) is 11.1 Å². The Morgan fingerprint density at radius 3 is 2.84 bits per heavy atom. The zero-order chi connectivity index (χ0) is 17.2. The molecule has 0 saturated carbocycles. The standard InChI is InChI=1S/C18H12ClN5O/c19-13-4-1-3-12(9-13)15-11-21-24-8-6-16(23-17(15)24)18(25)22-14-5-2-7-20-10-14/h1-11H,(H,22,25). The van der Waals surface area contributed by atoms with Crippen molar-refractivity contribution in [3.05, 3.63) is 78.0 Å². The van der Waals surface area contributed by atoms with Crippen molar-refractivity contribution in [3.8, 4) is 11.1 Å². The Labute approximate surface area is 148 Å². The summed E-state index contributed by atoms with van der Waals surface area (Å²) in [6.07, 6.45) is 6.63. The second-order valence-electron chi connectivity index (χ2n) is 5.35. The molecule has 4 rings (SSSR count). The average Bonchev–Trinajstić information content (AvgIpc) is 3.05. The number of aromatic nitrogens is 4. The lowest BCUT2D eigenvalue weighted by Crippen LogP contribution is -2.14. The highest BCUT2D eigenvalue weighted by Gasteiger charge is 2.13. The van der Waals surface area contributed by atoms with Crippen LogP contribution in [-0.2, 0) is 0 Å². The van der Waals surface area contributed by atoms with Gasteiger partial charge in [-0.05, 0) is 35.9 Å². The highest BCUT2D eigenvalue weighted by molar-refractivity contribution is 6.30. The van der Waals surface area contributed by atoms with Crippen LogP contribution >= 0.6 is 11.6 Å². The van der Waals surface area contributed by atoms with Crippen molar-refractivity contribution in [2.45, 2.75) is 0 Å². The van der Waals surface area contributed by atoms with E-state index >= 15 is 0 Å². The second-order valence-corrected chi connectivity index (χ2v) is 5.78.